The van der Waals surface area contributed by atoms with Crippen LogP contribution in [0.2, 0.25) is 0 Å². The molecule has 0 spiro atoms. The number of hydrogen-bond acceptors (Lipinski definition) is 5. The number of para-hydroxylation sites is 1. The molecular formula is C23H25N3O5. The Morgan fingerprint density at radius 2 is 1.90 bits per heavy atom. The lowest BCUT2D eigenvalue weighted by molar-refractivity contribution is -0.122. The van der Waals surface area contributed by atoms with Crippen LogP contribution in [0.4, 0.5) is 0 Å². The van der Waals surface area contributed by atoms with Crippen LogP contribution in [0.25, 0.3) is 10.9 Å². The molecule has 31 heavy (non-hydrogen) atoms. The Hall–Kier alpha value is -3.55. The summed E-state index contributed by atoms with van der Waals surface area (Å²) in [6.07, 6.45) is 2.26. The Morgan fingerprint density at radius 1 is 1.16 bits per heavy atom. The summed E-state index contributed by atoms with van der Waals surface area (Å²) in [5.74, 6) is 1.20. The fraction of sp³-hybridized carbons (Fsp3) is 0.348. The van der Waals surface area contributed by atoms with Gasteiger partial charge in [-0.3, -0.25) is 14.2 Å². The molecule has 8 heteroatoms. The first-order valence-corrected chi connectivity index (χ1v) is 10.3. The number of aromatic amines is 1. The van der Waals surface area contributed by atoms with Gasteiger partial charge in [0, 0.05) is 13.0 Å². The fourth-order valence-electron chi connectivity index (χ4n) is 4.15. The monoisotopic (exact) mass is 423 g/mol. The highest BCUT2D eigenvalue weighted by atomic mass is 16.5. The van der Waals surface area contributed by atoms with Crippen LogP contribution in [-0.2, 0) is 17.8 Å². The number of rotatable bonds is 7. The van der Waals surface area contributed by atoms with Crippen LogP contribution >= 0.6 is 0 Å². The fourth-order valence-corrected chi connectivity index (χ4v) is 4.15. The highest BCUT2D eigenvalue weighted by Gasteiger charge is 2.26. The van der Waals surface area contributed by atoms with Crippen molar-refractivity contribution in [2.75, 3.05) is 14.2 Å². The first kappa shape index (κ1) is 20.7. The molecule has 1 amide bonds. The van der Waals surface area contributed by atoms with Crippen LogP contribution in [0.15, 0.2) is 46.0 Å². The summed E-state index contributed by atoms with van der Waals surface area (Å²) in [5, 5.41) is 3.52. The van der Waals surface area contributed by atoms with Crippen LogP contribution in [-0.4, -0.2) is 29.7 Å². The van der Waals surface area contributed by atoms with Crippen molar-refractivity contribution >= 4 is 16.8 Å². The molecule has 2 aromatic carbocycles. The standard InChI is InChI=1S/C23H25N3O5/c1-30-19-12-14-9-10-18(16(14)13-20(19)31-2)24-21(27)8-5-11-26-22(28)15-6-3-4-7-17(15)25-23(26)29/h3-4,6-7,12-13,18H,5,8-11H2,1-2H3,(H,24,27)(H,25,29)/t18-/m0/s1. The number of hydrogen-bond donors (Lipinski definition) is 2. The van der Waals surface area contributed by atoms with Gasteiger partial charge >= 0.3 is 5.69 Å². The molecule has 1 heterocycles. The zero-order chi connectivity index (χ0) is 22.0. The van der Waals surface area contributed by atoms with Crippen LogP contribution in [0.5, 0.6) is 11.5 Å². The highest BCUT2D eigenvalue weighted by Crippen LogP contribution is 2.39. The van der Waals surface area contributed by atoms with Crippen molar-refractivity contribution in [3.05, 3.63) is 68.4 Å². The number of nitrogens with zero attached hydrogens (tertiary/aromatic N) is 1. The third-order valence-corrected chi connectivity index (χ3v) is 5.73. The van der Waals surface area contributed by atoms with E-state index >= 15 is 0 Å². The molecule has 0 aliphatic heterocycles. The Morgan fingerprint density at radius 3 is 2.68 bits per heavy atom. The number of aryl methyl sites for hydroxylation is 1. The van der Waals surface area contributed by atoms with Gasteiger partial charge in [-0.1, -0.05) is 12.1 Å². The topological polar surface area (TPSA) is 102 Å². The van der Waals surface area contributed by atoms with E-state index in [-0.39, 0.29) is 30.5 Å². The van der Waals surface area contributed by atoms with Crippen LogP contribution in [0, 0.1) is 0 Å². The van der Waals surface area contributed by atoms with Gasteiger partial charge in [0.2, 0.25) is 5.91 Å². The summed E-state index contributed by atoms with van der Waals surface area (Å²) < 4.78 is 11.9. The predicted octanol–water partition coefficient (Wildman–Crippen LogP) is 2.29. The van der Waals surface area contributed by atoms with E-state index in [1.54, 1.807) is 38.5 Å². The molecule has 0 bridgehead atoms. The maximum atomic E-state index is 12.6. The molecule has 0 unspecified atom stereocenters. The number of benzene rings is 2. The summed E-state index contributed by atoms with van der Waals surface area (Å²) in [6, 6.07) is 10.7. The van der Waals surface area contributed by atoms with E-state index in [9.17, 15) is 14.4 Å². The summed E-state index contributed by atoms with van der Waals surface area (Å²) in [6.45, 7) is 0.179. The maximum Gasteiger partial charge on any atom is 0.328 e. The first-order valence-electron chi connectivity index (χ1n) is 10.3. The number of fused-ring (bicyclic) bond motifs is 2. The Bertz CT molecular complexity index is 1240. The van der Waals surface area contributed by atoms with Gasteiger partial charge in [0.1, 0.15) is 0 Å². The summed E-state index contributed by atoms with van der Waals surface area (Å²) in [5.41, 5.74) is 1.88. The minimum absolute atomic E-state index is 0.0888. The van der Waals surface area contributed by atoms with E-state index in [0.29, 0.717) is 28.8 Å². The molecule has 1 aliphatic rings. The van der Waals surface area contributed by atoms with Crippen molar-refractivity contribution in [1.82, 2.24) is 14.9 Å². The van der Waals surface area contributed by atoms with E-state index in [2.05, 4.69) is 10.3 Å². The van der Waals surface area contributed by atoms with Crippen LogP contribution < -0.4 is 26.0 Å². The Labute approximate surface area is 178 Å². The van der Waals surface area contributed by atoms with Gasteiger partial charge in [-0.25, -0.2) is 4.79 Å². The van der Waals surface area contributed by atoms with Gasteiger partial charge in [-0.15, -0.1) is 0 Å². The molecule has 4 rings (SSSR count). The van der Waals surface area contributed by atoms with Gasteiger partial charge in [0.25, 0.3) is 5.56 Å². The SMILES string of the molecule is COc1cc2c(cc1OC)[C@@H](NC(=O)CCCn1c(=O)[nH]c3ccccc3c1=O)CC2. The van der Waals surface area contributed by atoms with Gasteiger partial charge in [-0.2, -0.15) is 0 Å². The number of carbonyl (C=O) groups is 1. The van der Waals surface area contributed by atoms with Crippen molar-refractivity contribution < 1.29 is 14.3 Å². The van der Waals surface area contributed by atoms with E-state index in [4.69, 9.17) is 9.47 Å². The number of ether oxygens (including phenoxy) is 2. The second-order valence-electron chi connectivity index (χ2n) is 7.60. The zero-order valence-corrected chi connectivity index (χ0v) is 17.6. The second kappa shape index (κ2) is 8.67. The molecule has 8 nitrogen and oxygen atoms in total. The number of amides is 1. The van der Waals surface area contributed by atoms with E-state index in [1.807, 2.05) is 12.1 Å². The third kappa shape index (κ3) is 4.05. The molecule has 0 fully saturated rings. The average molecular weight is 423 g/mol. The van der Waals surface area contributed by atoms with Crippen molar-refractivity contribution in [2.24, 2.45) is 0 Å². The normalized spacial score (nSPS) is 15.0. The summed E-state index contributed by atoms with van der Waals surface area (Å²) in [7, 11) is 3.19. The van der Waals surface area contributed by atoms with Gasteiger partial charge in [0.05, 0.1) is 31.2 Å². The smallest absolute Gasteiger partial charge is 0.328 e. The van der Waals surface area contributed by atoms with E-state index < -0.39 is 5.69 Å². The summed E-state index contributed by atoms with van der Waals surface area (Å²) in [4.78, 5) is 40.0. The molecule has 1 aromatic heterocycles. The molecule has 162 valence electrons. The molecule has 0 radical (unpaired) electrons. The molecular weight excluding hydrogens is 398 g/mol. The zero-order valence-electron chi connectivity index (χ0n) is 17.6. The number of aromatic nitrogens is 2. The Kier molecular flexibility index (Phi) is 5.79. The van der Waals surface area contributed by atoms with E-state index in [1.165, 1.54) is 0 Å². The minimum atomic E-state index is -0.463. The van der Waals surface area contributed by atoms with Crippen LogP contribution in [0.1, 0.15) is 36.4 Å². The second-order valence-corrected chi connectivity index (χ2v) is 7.60. The van der Waals surface area contributed by atoms with Crippen molar-refractivity contribution in [2.45, 2.75) is 38.3 Å². The third-order valence-electron chi connectivity index (χ3n) is 5.73. The van der Waals surface area contributed by atoms with Crippen molar-refractivity contribution in [3.8, 4) is 11.5 Å². The minimum Gasteiger partial charge on any atom is -0.493 e. The van der Waals surface area contributed by atoms with Crippen molar-refractivity contribution in [3.63, 3.8) is 0 Å². The number of H-pyrrole nitrogens is 1. The van der Waals surface area contributed by atoms with Crippen LogP contribution in [0.3, 0.4) is 0 Å². The van der Waals surface area contributed by atoms with Crippen molar-refractivity contribution in [1.29, 1.82) is 0 Å². The van der Waals surface area contributed by atoms with Gasteiger partial charge in [-0.05, 0) is 54.7 Å². The average Bonchev–Trinajstić information content (AvgIpc) is 3.16. The number of methoxy groups -OCH3 is 2. The molecule has 0 saturated carbocycles. The molecule has 0 saturated heterocycles. The predicted molar refractivity (Wildman–Crippen MR) is 117 cm³/mol. The number of carbonyl (C=O) groups excluding carboxylic acids is 1. The number of nitrogens with one attached hydrogen (secondary N) is 2. The largest absolute Gasteiger partial charge is 0.493 e. The first-order chi connectivity index (χ1) is 15.0. The maximum absolute atomic E-state index is 12.6. The van der Waals surface area contributed by atoms with Gasteiger partial charge < -0.3 is 19.8 Å². The lowest BCUT2D eigenvalue weighted by Gasteiger charge is -2.16. The molecule has 3 aromatic rings. The summed E-state index contributed by atoms with van der Waals surface area (Å²) >= 11 is 0. The van der Waals surface area contributed by atoms with Gasteiger partial charge in [0.15, 0.2) is 11.5 Å². The quantitative estimate of drug-likeness (QED) is 0.607. The lowest BCUT2D eigenvalue weighted by atomic mass is 10.1. The molecule has 2 N–H and O–H groups in total. The highest BCUT2D eigenvalue weighted by molar-refractivity contribution is 5.77. The lowest BCUT2D eigenvalue weighted by Crippen LogP contribution is -2.35. The molecule has 1 atom stereocenters. The molecule has 1 aliphatic carbocycles. The van der Waals surface area contributed by atoms with E-state index in [0.717, 1.165) is 28.5 Å². The Balaban J connectivity index is 1.40.